The molecule has 2 rings (SSSR count). The Kier molecular flexibility index (Phi) is 7.33. The fourth-order valence-electron chi connectivity index (χ4n) is 2.70. The number of ether oxygens (including phenoxy) is 2. The van der Waals surface area contributed by atoms with E-state index in [-0.39, 0.29) is 12.1 Å². The Bertz CT molecular complexity index is 634. The van der Waals surface area contributed by atoms with Crippen LogP contribution in [0.3, 0.4) is 0 Å². The highest BCUT2D eigenvalue weighted by molar-refractivity contribution is 5.75. The van der Waals surface area contributed by atoms with E-state index in [2.05, 4.69) is 5.32 Å². The molecule has 7 heteroatoms. The van der Waals surface area contributed by atoms with E-state index in [9.17, 15) is 9.59 Å². The molecular weight excluding hydrogens is 346 g/mol. The first-order valence-corrected chi connectivity index (χ1v) is 9.45. The van der Waals surface area contributed by atoms with Gasteiger partial charge in [0.05, 0.1) is 6.61 Å². The molecule has 1 N–H and O–H groups in total. The summed E-state index contributed by atoms with van der Waals surface area (Å²) in [6, 6.07) is 7.77. The largest absolute Gasteiger partial charge is 0.493 e. The van der Waals surface area contributed by atoms with Crippen molar-refractivity contribution >= 4 is 12.1 Å². The van der Waals surface area contributed by atoms with Crippen LogP contribution in [0.15, 0.2) is 24.3 Å². The SMILES string of the molecule is Cc1ccccc1OCCCNC(=O)N1CCN(C(=O)OC(C)(C)C)CC1. The number of piperazine rings is 1. The molecule has 0 bridgehead atoms. The molecule has 3 amide bonds. The normalized spacial score (nSPS) is 14.7. The first-order chi connectivity index (χ1) is 12.8. The molecule has 0 aliphatic carbocycles. The van der Waals surface area contributed by atoms with Gasteiger partial charge in [0.25, 0.3) is 0 Å². The highest BCUT2D eigenvalue weighted by atomic mass is 16.6. The molecule has 27 heavy (non-hydrogen) atoms. The summed E-state index contributed by atoms with van der Waals surface area (Å²) < 4.78 is 11.1. The van der Waals surface area contributed by atoms with Crippen LogP contribution in [0, 0.1) is 6.92 Å². The summed E-state index contributed by atoms with van der Waals surface area (Å²) in [5, 5.41) is 2.91. The molecule has 0 saturated carbocycles. The molecular formula is C20H31N3O4. The number of nitrogens with zero attached hydrogens (tertiary/aromatic N) is 2. The van der Waals surface area contributed by atoms with Gasteiger partial charge < -0.3 is 24.6 Å². The monoisotopic (exact) mass is 377 g/mol. The van der Waals surface area contributed by atoms with Gasteiger partial charge in [-0.05, 0) is 45.7 Å². The third-order valence-electron chi connectivity index (χ3n) is 4.17. The van der Waals surface area contributed by atoms with E-state index < -0.39 is 5.60 Å². The van der Waals surface area contributed by atoms with Crippen LogP contribution in [0.5, 0.6) is 5.75 Å². The van der Waals surface area contributed by atoms with Crippen molar-refractivity contribution < 1.29 is 19.1 Å². The van der Waals surface area contributed by atoms with Crippen molar-refractivity contribution in [2.75, 3.05) is 39.3 Å². The fourth-order valence-corrected chi connectivity index (χ4v) is 2.70. The summed E-state index contributed by atoms with van der Waals surface area (Å²) in [6.45, 7) is 10.6. The van der Waals surface area contributed by atoms with Crippen LogP contribution in [0.1, 0.15) is 32.8 Å². The molecule has 1 aliphatic heterocycles. The summed E-state index contributed by atoms with van der Waals surface area (Å²) in [4.78, 5) is 27.6. The van der Waals surface area contributed by atoms with Gasteiger partial charge in [-0.1, -0.05) is 18.2 Å². The van der Waals surface area contributed by atoms with E-state index in [0.29, 0.717) is 39.3 Å². The number of hydrogen-bond acceptors (Lipinski definition) is 4. The van der Waals surface area contributed by atoms with Crippen LogP contribution in [-0.4, -0.2) is 66.9 Å². The Morgan fingerprint density at radius 1 is 1.07 bits per heavy atom. The lowest BCUT2D eigenvalue weighted by Gasteiger charge is -2.35. The Hall–Kier alpha value is -2.44. The van der Waals surface area contributed by atoms with E-state index in [0.717, 1.165) is 17.7 Å². The number of para-hydroxylation sites is 1. The van der Waals surface area contributed by atoms with Gasteiger partial charge in [0.1, 0.15) is 11.4 Å². The summed E-state index contributed by atoms with van der Waals surface area (Å²) in [5.41, 5.74) is 0.593. The maximum Gasteiger partial charge on any atom is 0.410 e. The fraction of sp³-hybridized carbons (Fsp3) is 0.600. The van der Waals surface area contributed by atoms with E-state index in [1.165, 1.54) is 0 Å². The molecule has 150 valence electrons. The standard InChI is InChI=1S/C20H31N3O4/c1-16-8-5-6-9-17(16)26-15-7-10-21-18(24)22-11-13-23(14-12-22)19(25)27-20(2,3)4/h5-6,8-9H,7,10-15H2,1-4H3,(H,21,24). The van der Waals surface area contributed by atoms with Crippen LogP contribution in [0.2, 0.25) is 0 Å². The van der Waals surface area contributed by atoms with E-state index in [1.54, 1.807) is 9.80 Å². The molecule has 0 atom stereocenters. The van der Waals surface area contributed by atoms with Gasteiger partial charge in [0.2, 0.25) is 0 Å². The molecule has 1 heterocycles. The lowest BCUT2D eigenvalue weighted by atomic mass is 10.2. The zero-order valence-electron chi connectivity index (χ0n) is 16.8. The number of aryl methyl sites for hydroxylation is 1. The molecule has 0 spiro atoms. The zero-order chi connectivity index (χ0) is 19.9. The van der Waals surface area contributed by atoms with Crippen LogP contribution in [-0.2, 0) is 4.74 Å². The smallest absolute Gasteiger partial charge is 0.410 e. The summed E-state index contributed by atoms with van der Waals surface area (Å²) in [5.74, 6) is 0.877. The van der Waals surface area contributed by atoms with Crippen molar-refractivity contribution in [3.05, 3.63) is 29.8 Å². The Morgan fingerprint density at radius 3 is 2.33 bits per heavy atom. The zero-order valence-corrected chi connectivity index (χ0v) is 16.8. The predicted molar refractivity (Wildman–Crippen MR) is 104 cm³/mol. The predicted octanol–water partition coefficient (Wildman–Crippen LogP) is 3.03. The summed E-state index contributed by atoms with van der Waals surface area (Å²) >= 11 is 0. The second kappa shape index (κ2) is 9.48. The molecule has 0 aromatic heterocycles. The minimum Gasteiger partial charge on any atom is -0.493 e. The summed E-state index contributed by atoms with van der Waals surface area (Å²) in [6.07, 6.45) is 0.411. The number of hydrogen-bond donors (Lipinski definition) is 1. The number of amides is 3. The molecule has 7 nitrogen and oxygen atoms in total. The lowest BCUT2D eigenvalue weighted by Crippen LogP contribution is -2.54. The van der Waals surface area contributed by atoms with E-state index in [4.69, 9.17) is 9.47 Å². The van der Waals surface area contributed by atoms with Crippen molar-refractivity contribution in [3.8, 4) is 5.75 Å². The van der Waals surface area contributed by atoms with Gasteiger partial charge >= 0.3 is 12.1 Å². The van der Waals surface area contributed by atoms with Crippen LogP contribution >= 0.6 is 0 Å². The molecule has 1 fully saturated rings. The third kappa shape index (κ3) is 7.00. The number of carbonyl (C=O) groups is 2. The molecule has 0 unspecified atom stereocenters. The highest BCUT2D eigenvalue weighted by Crippen LogP contribution is 2.16. The van der Waals surface area contributed by atoms with Gasteiger partial charge in [0.15, 0.2) is 0 Å². The third-order valence-corrected chi connectivity index (χ3v) is 4.17. The van der Waals surface area contributed by atoms with Gasteiger partial charge in [-0.3, -0.25) is 0 Å². The molecule has 0 radical (unpaired) electrons. The molecule has 1 aromatic carbocycles. The number of nitrogens with one attached hydrogen (secondary N) is 1. The quantitative estimate of drug-likeness (QED) is 0.801. The Balaban J connectivity index is 1.62. The molecule has 1 saturated heterocycles. The number of urea groups is 1. The van der Waals surface area contributed by atoms with Crippen molar-refractivity contribution in [2.45, 2.75) is 39.7 Å². The minimum absolute atomic E-state index is 0.102. The lowest BCUT2D eigenvalue weighted by molar-refractivity contribution is 0.0170. The Labute approximate surface area is 161 Å². The van der Waals surface area contributed by atoms with Gasteiger partial charge in [0, 0.05) is 32.7 Å². The maximum absolute atomic E-state index is 12.2. The van der Waals surface area contributed by atoms with E-state index >= 15 is 0 Å². The van der Waals surface area contributed by atoms with Crippen molar-refractivity contribution in [2.24, 2.45) is 0 Å². The average Bonchev–Trinajstić information content (AvgIpc) is 2.61. The molecule has 1 aliphatic rings. The second-order valence-electron chi connectivity index (χ2n) is 7.65. The van der Waals surface area contributed by atoms with Gasteiger partial charge in [-0.2, -0.15) is 0 Å². The van der Waals surface area contributed by atoms with Crippen molar-refractivity contribution in [1.82, 2.24) is 15.1 Å². The number of rotatable bonds is 5. The van der Waals surface area contributed by atoms with Crippen LogP contribution in [0.4, 0.5) is 9.59 Å². The highest BCUT2D eigenvalue weighted by Gasteiger charge is 2.27. The summed E-state index contributed by atoms with van der Waals surface area (Å²) in [7, 11) is 0. The minimum atomic E-state index is -0.508. The van der Waals surface area contributed by atoms with Crippen LogP contribution < -0.4 is 10.1 Å². The average molecular weight is 377 g/mol. The Morgan fingerprint density at radius 2 is 1.70 bits per heavy atom. The van der Waals surface area contributed by atoms with Crippen LogP contribution in [0.25, 0.3) is 0 Å². The van der Waals surface area contributed by atoms with E-state index in [1.807, 2.05) is 52.0 Å². The van der Waals surface area contributed by atoms with Gasteiger partial charge in [-0.15, -0.1) is 0 Å². The second-order valence-corrected chi connectivity index (χ2v) is 7.65. The molecule has 1 aromatic rings. The maximum atomic E-state index is 12.2. The topological polar surface area (TPSA) is 71.1 Å². The van der Waals surface area contributed by atoms with Crippen molar-refractivity contribution in [3.63, 3.8) is 0 Å². The first kappa shape index (κ1) is 20.9. The number of carbonyl (C=O) groups excluding carboxylic acids is 2. The van der Waals surface area contributed by atoms with Gasteiger partial charge in [-0.25, -0.2) is 9.59 Å². The van der Waals surface area contributed by atoms with Crippen molar-refractivity contribution in [1.29, 1.82) is 0 Å². The number of benzene rings is 1. The first-order valence-electron chi connectivity index (χ1n) is 9.45.